The molecule has 1 N–H and O–H groups in total. The van der Waals surface area contributed by atoms with Gasteiger partial charge in [0.2, 0.25) is 0 Å². The van der Waals surface area contributed by atoms with Gasteiger partial charge in [-0.15, -0.1) is 0 Å². The van der Waals surface area contributed by atoms with Crippen LogP contribution in [0.4, 0.5) is 10.6 Å². The number of piperazine rings is 1. The van der Waals surface area contributed by atoms with Crippen LogP contribution >= 0.6 is 0 Å². The van der Waals surface area contributed by atoms with E-state index < -0.39 is 0 Å². The van der Waals surface area contributed by atoms with Gasteiger partial charge in [0.25, 0.3) is 0 Å². The number of aryl methyl sites for hydroxylation is 1. The quantitative estimate of drug-likeness (QED) is 0.825. The summed E-state index contributed by atoms with van der Waals surface area (Å²) in [7, 11) is 0. The van der Waals surface area contributed by atoms with Crippen molar-refractivity contribution in [2.45, 2.75) is 34.2 Å². The number of hydrogen-bond donors (Lipinski definition) is 1. The fourth-order valence-corrected chi connectivity index (χ4v) is 3.54. The summed E-state index contributed by atoms with van der Waals surface area (Å²) >= 11 is 0. The lowest BCUT2D eigenvalue weighted by molar-refractivity contribution is 0.105. The van der Waals surface area contributed by atoms with Gasteiger partial charge in [0.15, 0.2) is 0 Å². The van der Waals surface area contributed by atoms with Crippen LogP contribution in [0.1, 0.15) is 31.9 Å². The van der Waals surface area contributed by atoms with Gasteiger partial charge in [-0.2, -0.15) is 0 Å². The summed E-state index contributed by atoms with van der Waals surface area (Å²) < 4.78 is 5.13. The summed E-state index contributed by atoms with van der Waals surface area (Å²) in [5, 5.41) is 4.73. The summed E-state index contributed by atoms with van der Waals surface area (Å²) in [6.45, 7) is 13.4. The Morgan fingerprint density at radius 1 is 1.21 bits per heavy atom. The van der Waals surface area contributed by atoms with Crippen molar-refractivity contribution in [1.82, 2.24) is 15.2 Å². The van der Waals surface area contributed by atoms with E-state index in [0.717, 1.165) is 37.5 Å². The predicted molar refractivity (Wildman–Crippen MR) is 114 cm³/mol. The molecule has 0 unspecified atom stereocenters. The van der Waals surface area contributed by atoms with Crippen molar-refractivity contribution in [3.63, 3.8) is 0 Å². The third-order valence-corrected chi connectivity index (χ3v) is 5.00. The van der Waals surface area contributed by atoms with Crippen LogP contribution in [0.25, 0.3) is 10.9 Å². The monoisotopic (exact) mass is 384 g/mol. The van der Waals surface area contributed by atoms with Crippen molar-refractivity contribution in [2.75, 3.05) is 44.2 Å². The van der Waals surface area contributed by atoms with Gasteiger partial charge >= 0.3 is 6.09 Å². The Morgan fingerprint density at radius 2 is 1.96 bits per heavy atom. The molecular formula is C22H32N4O2. The van der Waals surface area contributed by atoms with Gasteiger partial charge in [-0.3, -0.25) is 0 Å². The second kappa shape index (κ2) is 9.24. The molecule has 6 nitrogen and oxygen atoms in total. The largest absolute Gasteiger partial charge is 0.450 e. The number of aromatic nitrogens is 1. The first kappa shape index (κ1) is 20.4. The van der Waals surface area contributed by atoms with Crippen molar-refractivity contribution in [3.05, 3.63) is 35.4 Å². The molecule has 0 radical (unpaired) electrons. The number of nitrogens with zero attached hydrogens (tertiary/aromatic N) is 3. The van der Waals surface area contributed by atoms with E-state index in [1.165, 1.54) is 16.5 Å². The maximum Gasteiger partial charge on any atom is 0.409 e. The fraction of sp³-hybridized carbons (Fsp3) is 0.545. The first-order chi connectivity index (χ1) is 13.5. The molecule has 2 heterocycles. The van der Waals surface area contributed by atoms with E-state index in [4.69, 9.17) is 9.72 Å². The first-order valence-electron chi connectivity index (χ1n) is 10.3. The van der Waals surface area contributed by atoms with Crippen molar-refractivity contribution >= 4 is 22.8 Å². The number of benzene rings is 1. The molecule has 0 atom stereocenters. The number of pyridine rings is 1. The van der Waals surface area contributed by atoms with Gasteiger partial charge in [0.1, 0.15) is 5.82 Å². The number of carbonyl (C=O) groups excluding carboxylic acids is 1. The predicted octanol–water partition coefficient (Wildman–Crippen LogP) is 3.57. The minimum atomic E-state index is -0.220. The molecule has 1 aromatic heterocycles. The average molecular weight is 385 g/mol. The molecule has 0 spiro atoms. The second-order valence-electron chi connectivity index (χ2n) is 7.87. The number of nitrogens with one attached hydrogen (secondary N) is 1. The maximum atomic E-state index is 12.0. The standard InChI is InChI=1S/C22H32N4O2/c1-5-28-22(27)26-10-8-25(9-11-26)21-19(15-23-14-16(2)3)13-18-12-17(4)6-7-20(18)24-21/h6-7,12-13,16,23H,5,8-11,14-15H2,1-4H3. The highest BCUT2D eigenvalue weighted by molar-refractivity contribution is 5.82. The van der Waals surface area contributed by atoms with E-state index in [1.807, 2.05) is 6.92 Å². The lowest BCUT2D eigenvalue weighted by Crippen LogP contribution is -2.49. The maximum absolute atomic E-state index is 12.0. The summed E-state index contributed by atoms with van der Waals surface area (Å²) in [5.41, 5.74) is 3.47. The smallest absolute Gasteiger partial charge is 0.409 e. The molecule has 3 rings (SSSR count). The zero-order valence-electron chi connectivity index (χ0n) is 17.5. The minimum absolute atomic E-state index is 0.220. The molecular weight excluding hydrogens is 352 g/mol. The zero-order chi connectivity index (χ0) is 20.1. The van der Waals surface area contributed by atoms with E-state index >= 15 is 0 Å². The van der Waals surface area contributed by atoms with Crippen LogP contribution in [0.5, 0.6) is 0 Å². The van der Waals surface area contributed by atoms with Gasteiger partial charge in [0, 0.05) is 43.7 Å². The Hall–Kier alpha value is -2.34. The molecule has 1 saturated heterocycles. The third-order valence-electron chi connectivity index (χ3n) is 5.00. The number of amides is 1. The van der Waals surface area contributed by atoms with E-state index in [1.54, 1.807) is 4.90 Å². The van der Waals surface area contributed by atoms with Crippen molar-refractivity contribution < 1.29 is 9.53 Å². The molecule has 0 bridgehead atoms. The number of ether oxygens (including phenoxy) is 1. The third kappa shape index (κ3) is 4.93. The van der Waals surface area contributed by atoms with E-state index in [-0.39, 0.29) is 6.09 Å². The SMILES string of the molecule is CCOC(=O)N1CCN(c2nc3ccc(C)cc3cc2CNCC(C)C)CC1. The summed E-state index contributed by atoms with van der Waals surface area (Å²) in [4.78, 5) is 21.0. The molecule has 1 aromatic carbocycles. The Balaban J connectivity index is 1.82. The molecule has 1 aliphatic heterocycles. The Kier molecular flexibility index (Phi) is 6.73. The molecule has 0 saturated carbocycles. The summed E-state index contributed by atoms with van der Waals surface area (Å²) in [6.07, 6.45) is -0.220. The molecule has 2 aromatic rings. The molecule has 1 aliphatic rings. The fourth-order valence-electron chi connectivity index (χ4n) is 3.54. The van der Waals surface area contributed by atoms with Crippen molar-refractivity contribution in [2.24, 2.45) is 5.92 Å². The van der Waals surface area contributed by atoms with Crippen LogP contribution in [-0.4, -0.2) is 55.3 Å². The van der Waals surface area contributed by atoms with E-state index in [0.29, 0.717) is 25.6 Å². The Labute approximate surface area is 167 Å². The van der Waals surface area contributed by atoms with Gasteiger partial charge < -0.3 is 19.9 Å². The molecule has 28 heavy (non-hydrogen) atoms. The number of rotatable bonds is 6. The highest BCUT2D eigenvalue weighted by atomic mass is 16.6. The van der Waals surface area contributed by atoms with Crippen LogP contribution in [-0.2, 0) is 11.3 Å². The van der Waals surface area contributed by atoms with E-state index in [9.17, 15) is 4.79 Å². The van der Waals surface area contributed by atoms with Crippen LogP contribution in [0.3, 0.4) is 0 Å². The van der Waals surface area contributed by atoms with Crippen LogP contribution < -0.4 is 10.2 Å². The number of hydrogen-bond acceptors (Lipinski definition) is 5. The summed E-state index contributed by atoms with van der Waals surface area (Å²) in [5.74, 6) is 1.63. The highest BCUT2D eigenvalue weighted by Gasteiger charge is 2.24. The van der Waals surface area contributed by atoms with Gasteiger partial charge in [-0.25, -0.2) is 9.78 Å². The van der Waals surface area contributed by atoms with Crippen molar-refractivity contribution in [1.29, 1.82) is 0 Å². The highest BCUT2D eigenvalue weighted by Crippen LogP contribution is 2.25. The van der Waals surface area contributed by atoms with Crippen LogP contribution in [0.2, 0.25) is 0 Å². The van der Waals surface area contributed by atoms with E-state index in [2.05, 4.69) is 55.3 Å². The summed E-state index contributed by atoms with van der Waals surface area (Å²) in [6, 6.07) is 8.65. The lowest BCUT2D eigenvalue weighted by atomic mass is 10.1. The number of carbonyl (C=O) groups is 1. The molecule has 1 fully saturated rings. The van der Waals surface area contributed by atoms with Gasteiger partial charge in [0.05, 0.1) is 12.1 Å². The van der Waals surface area contributed by atoms with Gasteiger partial charge in [-0.05, 0) is 44.5 Å². The van der Waals surface area contributed by atoms with Gasteiger partial charge in [-0.1, -0.05) is 25.5 Å². The molecule has 152 valence electrons. The minimum Gasteiger partial charge on any atom is -0.450 e. The average Bonchev–Trinajstić information content (AvgIpc) is 2.67. The normalized spacial score (nSPS) is 14.8. The number of fused-ring (bicyclic) bond motifs is 1. The Bertz CT molecular complexity index is 814. The molecule has 6 heteroatoms. The molecule has 1 amide bonds. The second-order valence-corrected chi connectivity index (χ2v) is 7.87. The number of anilines is 1. The topological polar surface area (TPSA) is 57.7 Å². The van der Waals surface area contributed by atoms with Crippen molar-refractivity contribution in [3.8, 4) is 0 Å². The first-order valence-corrected chi connectivity index (χ1v) is 10.3. The Morgan fingerprint density at radius 3 is 2.64 bits per heavy atom. The zero-order valence-corrected chi connectivity index (χ0v) is 17.5. The van der Waals surface area contributed by atoms with Crippen LogP contribution in [0.15, 0.2) is 24.3 Å². The molecule has 0 aliphatic carbocycles. The van der Waals surface area contributed by atoms with Crippen LogP contribution in [0, 0.1) is 12.8 Å². The lowest BCUT2D eigenvalue weighted by Gasteiger charge is -2.35.